The molecule has 0 N–H and O–H groups in total. The molecule has 9 aromatic rings. The Morgan fingerprint density at radius 2 is 1.08 bits per heavy atom. The van der Waals surface area contributed by atoms with E-state index >= 15 is 0 Å². The van der Waals surface area contributed by atoms with Crippen LogP contribution in [0.3, 0.4) is 0 Å². The standard InChI is InChI=1S/C48H35N3/c1-3-4-22-40-33(2)50(48-32-38(34-16-8-5-9-17-34)31-44(49-48)35-18-10-6-11-19-35)46-27-25-36(29-42(40)46)37-26-28-47-43(30-37)41-23-14-15-24-45(41)51(47)39-20-12-7-13-21-39/h3-32H,1H2,2H3/b22-4-. The molecule has 3 aromatic heterocycles. The monoisotopic (exact) mass is 653 g/mol. The summed E-state index contributed by atoms with van der Waals surface area (Å²) in [5.74, 6) is 0.888. The molecule has 0 fully saturated rings. The third-order valence-electron chi connectivity index (χ3n) is 9.89. The summed E-state index contributed by atoms with van der Waals surface area (Å²) >= 11 is 0. The first-order valence-electron chi connectivity index (χ1n) is 17.3. The quantitative estimate of drug-likeness (QED) is 0.157. The summed E-state index contributed by atoms with van der Waals surface area (Å²) in [6.45, 7) is 6.16. The molecule has 3 heterocycles. The van der Waals surface area contributed by atoms with Gasteiger partial charge in [-0.2, -0.15) is 0 Å². The molecule has 0 amide bonds. The Morgan fingerprint density at radius 3 is 1.78 bits per heavy atom. The number of benzene rings is 6. The number of pyridine rings is 1. The molecule has 3 heteroatoms. The Hall–Kier alpha value is -6.71. The molecule has 0 aliphatic heterocycles. The third kappa shape index (κ3) is 5.27. The van der Waals surface area contributed by atoms with Crippen LogP contribution in [-0.2, 0) is 0 Å². The van der Waals surface area contributed by atoms with Gasteiger partial charge in [0.25, 0.3) is 0 Å². The lowest BCUT2D eigenvalue weighted by Gasteiger charge is -2.13. The summed E-state index contributed by atoms with van der Waals surface area (Å²) in [5.41, 5.74) is 13.6. The van der Waals surface area contributed by atoms with Gasteiger partial charge in [0.15, 0.2) is 0 Å². The summed E-state index contributed by atoms with van der Waals surface area (Å²) in [6, 6.07) is 58.4. The lowest BCUT2D eigenvalue weighted by atomic mass is 10.00. The highest BCUT2D eigenvalue weighted by molar-refractivity contribution is 6.10. The molecule has 0 radical (unpaired) electrons. The second-order valence-electron chi connectivity index (χ2n) is 12.9. The first kappa shape index (κ1) is 30.4. The number of allylic oxidation sites excluding steroid dienone is 2. The number of rotatable bonds is 7. The lowest BCUT2D eigenvalue weighted by molar-refractivity contribution is 0.994. The van der Waals surface area contributed by atoms with Crippen LogP contribution in [0.1, 0.15) is 11.3 Å². The second-order valence-corrected chi connectivity index (χ2v) is 12.9. The number of para-hydroxylation sites is 2. The predicted octanol–water partition coefficient (Wildman–Crippen LogP) is 12.6. The van der Waals surface area contributed by atoms with Crippen molar-refractivity contribution >= 4 is 38.8 Å². The fraction of sp³-hybridized carbons (Fsp3) is 0.0208. The van der Waals surface area contributed by atoms with Gasteiger partial charge in [-0.05, 0) is 83.8 Å². The molecule has 0 unspecified atom stereocenters. The van der Waals surface area contributed by atoms with E-state index in [2.05, 4.69) is 186 Å². The number of nitrogens with zero attached hydrogens (tertiary/aromatic N) is 3. The molecule has 0 saturated heterocycles. The van der Waals surface area contributed by atoms with E-state index in [0.717, 1.165) is 50.7 Å². The van der Waals surface area contributed by atoms with Crippen molar-refractivity contribution in [2.24, 2.45) is 0 Å². The van der Waals surface area contributed by atoms with E-state index < -0.39 is 0 Å². The zero-order valence-corrected chi connectivity index (χ0v) is 28.4. The summed E-state index contributed by atoms with van der Waals surface area (Å²) in [7, 11) is 0. The fourth-order valence-electron chi connectivity index (χ4n) is 7.48. The van der Waals surface area contributed by atoms with Gasteiger partial charge in [-0.3, -0.25) is 4.57 Å². The van der Waals surface area contributed by atoms with Crippen molar-refractivity contribution in [3.8, 4) is 45.0 Å². The molecule has 0 atom stereocenters. The van der Waals surface area contributed by atoms with E-state index in [1.54, 1.807) is 0 Å². The Labute approximate surface area is 297 Å². The normalized spacial score (nSPS) is 11.6. The average molecular weight is 654 g/mol. The molecule has 3 nitrogen and oxygen atoms in total. The van der Waals surface area contributed by atoms with Crippen LogP contribution >= 0.6 is 0 Å². The van der Waals surface area contributed by atoms with E-state index in [9.17, 15) is 0 Å². The Kier molecular flexibility index (Phi) is 7.52. The van der Waals surface area contributed by atoms with Crippen molar-refractivity contribution in [2.45, 2.75) is 6.92 Å². The highest BCUT2D eigenvalue weighted by Crippen LogP contribution is 2.38. The van der Waals surface area contributed by atoms with Crippen LogP contribution in [0.2, 0.25) is 0 Å². The minimum absolute atomic E-state index is 0.888. The van der Waals surface area contributed by atoms with Gasteiger partial charge in [-0.1, -0.05) is 134 Å². The molecule has 51 heavy (non-hydrogen) atoms. The molecule has 6 aromatic carbocycles. The molecular weight excluding hydrogens is 619 g/mol. The van der Waals surface area contributed by atoms with Crippen LogP contribution in [0.25, 0.3) is 83.8 Å². The minimum atomic E-state index is 0.888. The maximum Gasteiger partial charge on any atom is 0.138 e. The van der Waals surface area contributed by atoms with Crippen LogP contribution < -0.4 is 0 Å². The van der Waals surface area contributed by atoms with E-state index in [-0.39, 0.29) is 0 Å². The molecule has 0 saturated carbocycles. The van der Waals surface area contributed by atoms with Gasteiger partial charge in [0.05, 0.1) is 22.2 Å². The van der Waals surface area contributed by atoms with Gasteiger partial charge in [-0.25, -0.2) is 4.98 Å². The molecule has 0 aliphatic rings. The maximum absolute atomic E-state index is 5.29. The first-order chi connectivity index (χ1) is 25.2. The van der Waals surface area contributed by atoms with Gasteiger partial charge in [0.1, 0.15) is 5.82 Å². The van der Waals surface area contributed by atoms with Crippen LogP contribution in [0.4, 0.5) is 0 Å². The minimum Gasteiger partial charge on any atom is -0.309 e. The predicted molar refractivity (Wildman–Crippen MR) is 216 cm³/mol. The SMILES string of the molecule is C=C/C=C\c1c(C)n(-c2cc(-c3ccccc3)cc(-c3ccccc3)n2)c2ccc(-c3ccc4c(c3)c3ccccc3n4-c3ccccc3)cc12. The fourth-order valence-corrected chi connectivity index (χ4v) is 7.48. The second kappa shape index (κ2) is 12.6. The summed E-state index contributed by atoms with van der Waals surface area (Å²) in [5, 5.41) is 3.65. The zero-order chi connectivity index (χ0) is 34.3. The van der Waals surface area contributed by atoms with Crippen molar-refractivity contribution in [1.82, 2.24) is 14.1 Å². The molecule has 0 aliphatic carbocycles. The Morgan fingerprint density at radius 1 is 0.490 bits per heavy atom. The van der Waals surface area contributed by atoms with Crippen LogP contribution in [0, 0.1) is 6.92 Å². The number of fused-ring (bicyclic) bond motifs is 4. The van der Waals surface area contributed by atoms with Crippen LogP contribution in [0.5, 0.6) is 0 Å². The summed E-state index contributed by atoms with van der Waals surface area (Å²) in [6.07, 6.45) is 6.03. The number of hydrogen-bond acceptors (Lipinski definition) is 1. The van der Waals surface area contributed by atoms with Gasteiger partial charge in [0.2, 0.25) is 0 Å². The molecule has 242 valence electrons. The van der Waals surface area contributed by atoms with Crippen molar-refractivity contribution in [2.75, 3.05) is 0 Å². The van der Waals surface area contributed by atoms with Gasteiger partial charge in [0, 0.05) is 38.7 Å². The van der Waals surface area contributed by atoms with Crippen LogP contribution in [-0.4, -0.2) is 14.1 Å². The smallest absolute Gasteiger partial charge is 0.138 e. The van der Waals surface area contributed by atoms with Gasteiger partial charge < -0.3 is 4.57 Å². The van der Waals surface area contributed by atoms with Crippen LogP contribution in [0.15, 0.2) is 183 Å². The summed E-state index contributed by atoms with van der Waals surface area (Å²) < 4.78 is 4.66. The highest BCUT2D eigenvalue weighted by Gasteiger charge is 2.19. The topological polar surface area (TPSA) is 22.8 Å². The zero-order valence-electron chi connectivity index (χ0n) is 28.4. The Bertz CT molecular complexity index is 2690. The molecule has 9 rings (SSSR count). The van der Waals surface area contributed by atoms with E-state index in [0.29, 0.717) is 0 Å². The van der Waals surface area contributed by atoms with Crippen molar-refractivity contribution in [3.63, 3.8) is 0 Å². The highest BCUT2D eigenvalue weighted by atomic mass is 15.1. The van der Waals surface area contributed by atoms with Crippen molar-refractivity contribution in [1.29, 1.82) is 0 Å². The molecule has 0 bridgehead atoms. The largest absolute Gasteiger partial charge is 0.309 e. The third-order valence-corrected chi connectivity index (χ3v) is 9.89. The van der Waals surface area contributed by atoms with E-state index in [1.165, 1.54) is 38.3 Å². The van der Waals surface area contributed by atoms with E-state index in [4.69, 9.17) is 4.98 Å². The maximum atomic E-state index is 5.29. The average Bonchev–Trinajstić information content (AvgIpc) is 3.68. The van der Waals surface area contributed by atoms with Crippen molar-refractivity contribution in [3.05, 3.63) is 194 Å². The number of hydrogen-bond donors (Lipinski definition) is 0. The van der Waals surface area contributed by atoms with Crippen molar-refractivity contribution < 1.29 is 0 Å². The molecule has 0 spiro atoms. The number of aromatic nitrogens is 3. The van der Waals surface area contributed by atoms with Gasteiger partial charge in [-0.15, -0.1) is 0 Å². The summed E-state index contributed by atoms with van der Waals surface area (Å²) in [4.78, 5) is 5.29. The van der Waals surface area contributed by atoms with E-state index in [1.807, 2.05) is 18.2 Å². The lowest BCUT2D eigenvalue weighted by Crippen LogP contribution is -2.02. The molecular formula is C48H35N3. The first-order valence-corrected chi connectivity index (χ1v) is 17.3. The Balaban J connectivity index is 1.24. The van der Waals surface area contributed by atoms with Gasteiger partial charge >= 0.3 is 0 Å².